The van der Waals surface area contributed by atoms with Crippen LogP contribution in [0.3, 0.4) is 0 Å². The monoisotopic (exact) mass is 380 g/mol. The Bertz CT molecular complexity index is 788. The van der Waals surface area contributed by atoms with Crippen LogP contribution in [0.1, 0.15) is 42.6 Å². The summed E-state index contributed by atoms with van der Waals surface area (Å²) >= 11 is 0. The molecular formula is C22H32N6. The van der Waals surface area contributed by atoms with Crippen molar-refractivity contribution >= 4 is 0 Å². The van der Waals surface area contributed by atoms with Crippen molar-refractivity contribution in [3.63, 3.8) is 0 Å². The van der Waals surface area contributed by atoms with E-state index in [1.54, 1.807) is 0 Å². The zero-order valence-electron chi connectivity index (χ0n) is 17.0. The van der Waals surface area contributed by atoms with Crippen molar-refractivity contribution in [1.82, 2.24) is 29.5 Å². The molecule has 0 radical (unpaired) electrons. The molecule has 6 nitrogen and oxygen atoms in total. The molecule has 6 heteroatoms. The summed E-state index contributed by atoms with van der Waals surface area (Å²) in [4.78, 5) is 12.1. The van der Waals surface area contributed by atoms with Crippen LogP contribution >= 0.6 is 0 Å². The molecule has 3 aliphatic rings. The minimum atomic E-state index is 0.739. The highest BCUT2D eigenvalue weighted by Gasteiger charge is 2.34. The molecule has 0 N–H and O–H groups in total. The minimum absolute atomic E-state index is 0.739. The second kappa shape index (κ2) is 7.93. The highest BCUT2D eigenvalue weighted by atomic mass is 15.3. The van der Waals surface area contributed by atoms with E-state index in [1.807, 2.05) is 18.5 Å². The maximum atomic E-state index is 4.98. The van der Waals surface area contributed by atoms with Gasteiger partial charge in [-0.1, -0.05) is 6.07 Å². The van der Waals surface area contributed by atoms with Crippen molar-refractivity contribution in [3.05, 3.63) is 47.5 Å². The first-order valence-corrected chi connectivity index (χ1v) is 10.9. The summed E-state index contributed by atoms with van der Waals surface area (Å²) in [5.74, 6) is 0. The number of likely N-dealkylation sites (tertiary alicyclic amines) is 1. The number of rotatable bonds is 4. The highest BCUT2D eigenvalue weighted by Crippen LogP contribution is 2.29. The lowest BCUT2D eigenvalue weighted by molar-refractivity contribution is 0.213. The third kappa shape index (κ3) is 3.86. The lowest BCUT2D eigenvalue weighted by Gasteiger charge is -2.25. The van der Waals surface area contributed by atoms with Gasteiger partial charge in [-0.2, -0.15) is 5.10 Å². The Kier molecular flexibility index (Phi) is 5.18. The lowest BCUT2D eigenvalue weighted by atomic mass is 10.1. The molecule has 2 atom stereocenters. The summed E-state index contributed by atoms with van der Waals surface area (Å²) in [6.07, 6.45) is 9.05. The molecule has 0 amide bonds. The van der Waals surface area contributed by atoms with Crippen molar-refractivity contribution < 1.29 is 0 Å². The maximum absolute atomic E-state index is 4.98. The molecule has 0 unspecified atom stereocenters. The Morgan fingerprint density at radius 1 is 1.04 bits per heavy atom. The van der Waals surface area contributed by atoms with E-state index in [0.29, 0.717) is 0 Å². The van der Waals surface area contributed by atoms with Crippen LogP contribution in [0.4, 0.5) is 0 Å². The third-order valence-electron chi connectivity index (χ3n) is 6.89. The molecule has 2 saturated heterocycles. The zero-order valence-corrected chi connectivity index (χ0v) is 17.0. The van der Waals surface area contributed by atoms with E-state index in [9.17, 15) is 0 Å². The van der Waals surface area contributed by atoms with Crippen molar-refractivity contribution in [2.75, 3.05) is 26.7 Å². The summed E-state index contributed by atoms with van der Waals surface area (Å²) in [6, 6.07) is 8.09. The van der Waals surface area contributed by atoms with Crippen LogP contribution < -0.4 is 0 Å². The van der Waals surface area contributed by atoms with Crippen molar-refractivity contribution in [3.8, 4) is 0 Å². The van der Waals surface area contributed by atoms with Crippen LogP contribution in [0, 0.1) is 0 Å². The van der Waals surface area contributed by atoms with Crippen LogP contribution in [-0.4, -0.2) is 68.2 Å². The molecule has 2 bridgehead atoms. The van der Waals surface area contributed by atoms with E-state index in [4.69, 9.17) is 5.10 Å². The normalized spacial score (nSPS) is 26.8. The van der Waals surface area contributed by atoms with Gasteiger partial charge in [-0.15, -0.1) is 0 Å². The molecule has 2 aromatic rings. The predicted molar refractivity (Wildman–Crippen MR) is 110 cm³/mol. The van der Waals surface area contributed by atoms with Crippen molar-refractivity contribution in [2.45, 2.75) is 63.9 Å². The highest BCUT2D eigenvalue weighted by molar-refractivity contribution is 5.13. The van der Waals surface area contributed by atoms with Gasteiger partial charge in [-0.3, -0.25) is 24.4 Å². The van der Waals surface area contributed by atoms with Crippen molar-refractivity contribution in [2.24, 2.45) is 0 Å². The third-order valence-corrected chi connectivity index (χ3v) is 6.89. The number of nitrogens with zero attached hydrogens (tertiary/aromatic N) is 6. The van der Waals surface area contributed by atoms with Gasteiger partial charge in [0.05, 0.1) is 11.4 Å². The first-order valence-electron chi connectivity index (χ1n) is 10.9. The van der Waals surface area contributed by atoms with E-state index >= 15 is 0 Å². The van der Waals surface area contributed by atoms with E-state index < -0.39 is 0 Å². The first kappa shape index (κ1) is 18.3. The number of fused-ring (bicyclic) bond motifs is 3. The number of hydrogen-bond acceptors (Lipinski definition) is 5. The Morgan fingerprint density at radius 2 is 1.96 bits per heavy atom. The minimum Gasteiger partial charge on any atom is -0.299 e. The van der Waals surface area contributed by atoms with Crippen LogP contribution in [0.25, 0.3) is 0 Å². The summed E-state index contributed by atoms with van der Waals surface area (Å²) in [5, 5.41) is 4.98. The summed E-state index contributed by atoms with van der Waals surface area (Å²) in [6.45, 7) is 7.51. The van der Waals surface area contributed by atoms with Gasteiger partial charge in [-0.05, 0) is 50.4 Å². The molecule has 28 heavy (non-hydrogen) atoms. The number of aryl methyl sites for hydroxylation is 1. The Balaban J connectivity index is 1.24. The predicted octanol–water partition coefficient (Wildman–Crippen LogP) is 2.35. The molecule has 3 aliphatic heterocycles. The number of pyridine rings is 1. The Labute approximate surface area is 168 Å². The topological polar surface area (TPSA) is 40.4 Å². The molecule has 0 aliphatic carbocycles. The number of hydrogen-bond donors (Lipinski definition) is 0. The molecule has 0 aromatic carbocycles. The second-order valence-corrected chi connectivity index (χ2v) is 8.85. The van der Waals surface area contributed by atoms with Crippen molar-refractivity contribution in [1.29, 1.82) is 0 Å². The van der Waals surface area contributed by atoms with E-state index in [0.717, 1.165) is 51.2 Å². The zero-order chi connectivity index (χ0) is 18.9. The summed E-state index contributed by atoms with van der Waals surface area (Å²) in [7, 11) is 2.32. The van der Waals surface area contributed by atoms with Crippen LogP contribution in [0.15, 0.2) is 30.6 Å². The molecule has 5 heterocycles. The van der Waals surface area contributed by atoms with Gasteiger partial charge >= 0.3 is 0 Å². The molecule has 150 valence electrons. The van der Waals surface area contributed by atoms with Gasteiger partial charge in [0, 0.05) is 70.3 Å². The fraction of sp³-hybridized carbons (Fsp3) is 0.636. The van der Waals surface area contributed by atoms with Gasteiger partial charge in [-0.25, -0.2) is 0 Å². The molecular weight excluding hydrogens is 348 g/mol. The lowest BCUT2D eigenvalue weighted by Crippen LogP contribution is -2.36. The smallest absolute Gasteiger partial charge is 0.0768 e. The van der Waals surface area contributed by atoms with Gasteiger partial charge in [0.25, 0.3) is 0 Å². The van der Waals surface area contributed by atoms with E-state index in [1.165, 1.54) is 49.3 Å². The number of likely N-dealkylation sites (N-methyl/N-ethyl adjacent to an activating group) is 1. The average Bonchev–Trinajstić information content (AvgIpc) is 3.10. The first-order chi connectivity index (χ1) is 13.7. The standard InChI is InChI=1S/C22H32N6/c1-25-20-5-6-21(25)16-27(11-7-20)15-19-12-22-17-26(9-3-10-28(22)24-19)14-18-4-2-8-23-13-18/h2,4,8,12-13,20-21H,3,5-7,9-11,14-17H2,1H3/t20-,21+/m0/s1. The average molecular weight is 381 g/mol. The van der Waals surface area contributed by atoms with Gasteiger partial charge in [0.2, 0.25) is 0 Å². The SMILES string of the molecule is CN1[C@H]2CC[C@@H]1CN(Cc1cc3n(n1)CCCN(Cc1cccnc1)C3)CC2. The van der Waals surface area contributed by atoms with Gasteiger partial charge in [0.15, 0.2) is 0 Å². The Hall–Kier alpha value is -1.76. The van der Waals surface area contributed by atoms with Crippen LogP contribution in [-0.2, 0) is 26.2 Å². The van der Waals surface area contributed by atoms with Crippen LogP contribution in [0.5, 0.6) is 0 Å². The molecule has 0 saturated carbocycles. The largest absolute Gasteiger partial charge is 0.299 e. The van der Waals surface area contributed by atoms with Gasteiger partial charge < -0.3 is 0 Å². The Morgan fingerprint density at radius 3 is 2.86 bits per heavy atom. The molecule has 2 fully saturated rings. The summed E-state index contributed by atoms with van der Waals surface area (Å²) < 4.78 is 2.26. The fourth-order valence-corrected chi connectivity index (χ4v) is 5.30. The van der Waals surface area contributed by atoms with Gasteiger partial charge in [0.1, 0.15) is 0 Å². The quantitative estimate of drug-likeness (QED) is 0.814. The second-order valence-electron chi connectivity index (χ2n) is 8.85. The molecule has 2 aromatic heterocycles. The van der Waals surface area contributed by atoms with E-state index in [2.05, 4.69) is 43.5 Å². The molecule has 5 rings (SSSR count). The fourth-order valence-electron chi connectivity index (χ4n) is 5.30. The maximum Gasteiger partial charge on any atom is 0.0768 e. The van der Waals surface area contributed by atoms with Crippen LogP contribution in [0.2, 0.25) is 0 Å². The summed E-state index contributed by atoms with van der Waals surface area (Å²) in [5.41, 5.74) is 3.91. The molecule has 0 spiro atoms. The van der Waals surface area contributed by atoms with E-state index in [-0.39, 0.29) is 0 Å². The number of aromatic nitrogens is 3.